The number of aromatic carboxylic acids is 1. The molecule has 0 aliphatic carbocycles. The van der Waals surface area contributed by atoms with Gasteiger partial charge in [-0.3, -0.25) is 4.90 Å². The van der Waals surface area contributed by atoms with Crippen LogP contribution in [0.1, 0.15) is 29.0 Å². The fourth-order valence-corrected chi connectivity index (χ4v) is 3.02. The van der Waals surface area contributed by atoms with Crippen LogP contribution >= 0.6 is 0 Å². The fraction of sp³-hybridized carbons (Fsp3) is 0.412. The Balaban J connectivity index is 2.12. The van der Waals surface area contributed by atoms with E-state index < -0.39 is 5.97 Å². The maximum Gasteiger partial charge on any atom is 0.354 e. The highest BCUT2D eigenvalue weighted by Crippen LogP contribution is 2.32. The number of fused-ring (bicyclic) bond motifs is 1. The third kappa shape index (κ3) is 3.00. The molecule has 122 valence electrons. The molecule has 1 atom stereocenters. The Morgan fingerprint density at radius 1 is 1.39 bits per heavy atom. The molecule has 1 fully saturated rings. The van der Waals surface area contributed by atoms with Crippen molar-refractivity contribution in [3.63, 3.8) is 0 Å². The average Bonchev–Trinajstić information content (AvgIpc) is 2.60. The summed E-state index contributed by atoms with van der Waals surface area (Å²) in [6.45, 7) is 5.25. The molecule has 1 aliphatic rings. The Bertz CT molecular complexity index is 726. The maximum absolute atomic E-state index is 11.4. The van der Waals surface area contributed by atoms with Gasteiger partial charge in [0.1, 0.15) is 5.75 Å². The highest BCUT2D eigenvalue weighted by atomic mass is 16.5. The van der Waals surface area contributed by atoms with E-state index in [1.165, 1.54) is 6.07 Å². The highest BCUT2D eigenvalue weighted by Gasteiger charge is 2.22. The molecule has 0 unspecified atom stereocenters. The van der Waals surface area contributed by atoms with Gasteiger partial charge >= 0.3 is 5.97 Å². The topological polar surface area (TPSA) is 71.9 Å². The number of hydrogen-bond acceptors (Lipinski definition) is 5. The molecule has 6 nitrogen and oxygen atoms in total. The second kappa shape index (κ2) is 6.52. The summed E-state index contributed by atoms with van der Waals surface area (Å²) in [6, 6.07) is 7.46. The van der Waals surface area contributed by atoms with E-state index in [2.05, 4.69) is 16.8 Å². The van der Waals surface area contributed by atoms with Crippen LogP contribution in [0.2, 0.25) is 0 Å². The number of ether oxygens (including phenoxy) is 2. The first kappa shape index (κ1) is 15.7. The van der Waals surface area contributed by atoms with Gasteiger partial charge in [0.2, 0.25) is 0 Å². The number of nitrogens with zero attached hydrogens (tertiary/aromatic N) is 2. The molecule has 1 aromatic heterocycles. The zero-order valence-electron chi connectivity index (χ0n) is 13.3. The van der Waals surface area contributed by atoms with Crippen LogP contribution in [-0.4, -0.2) is 54.4 Å². The quantitative estimate of drug-likeness (QED) is 0.933. The minimum atomic E-state index is -1.06. The van der Waals surface area contributed by atoms with Gasteiger partial charge in [0.05, 0.1) is 25.8 Å². The predicted octanol–water partition coefficient (Wildman–Crippen LogP) is 2.33. The van der Waals surface area contributed by atoms with Gasteiger partial charge < -0.3 is 14.6 Å². The lowest BCUT2D eigenvalue weighted by Gasteiger charge is -2.32. The molecule has 0 amide bonds. The van der Waals surface area contributed by atoms with Crippen LogP contribution in [0.4, 0.5) is 0 Å². The van der Waals surface area contributed by atoms with Gasteiger partial charge in [-0.15, -0.1) is 0 Å². The number of pyridine rings is 1. The Morgan fingerprint density at radius 3 is 2.78 bits per heavy atom. The van der Waals surface area contributed by atoms with Gasteiger partial charge in [-0.1, -0.05) is 12.1 Å². The summed E-state index contributed by atoms with van der Waals surface area (Å²) in [5, 5.41) is 10.1. The Labute approximate surface area is 134 Å². The SMILES string of the molecule is COc1cc(C(=O)O)nc2c([C@@H](C)N3CCOCC3)cccc12. The van der Waals surface area contributed by atoms with Crippen molar-refractivity contribution in [3.8, 4) is 5.75 Å². The van der Waals surface area contributed by atoms with Crippen molar-refractivity contribution in [2.24, 2.45) is 0 Å². The van der Waals surface area contributed by atoms with Crippen LogP contribution in [0.5, 0.6) is 5.75 Å². The molecule has 23 heavy (non-hydrogen) atoms. The average molecular weight is 316 g/mol. The van der Waals surface area contributed by atoms with E-state index in [0.29, 0.717) is 24.5 Å². The molecule has 0 saturated carbocycles. The molecule has 1 aliphatic heterocycles. The molecular formula is C17H20N2O4. The summed E-state index contributed by atoms with van der Waals surface area (Å²) in [4.78, 5) is 18.0. The second-order valence-corrected chi connectivity index (χ2v) is 5.58. The smallest absolute Gasteiger partial charge is 0.354 e. The van der Waals surface area contributed by atoms with Crippen LogP contribution < -0.4 is 4.74 Å². The molecule has 0 spiro atoms. The van der Waals surface area contributed by atoms with E-state index in [-0.39, 0.29) is 11.7 Å². The number of benzene rings is 1. The zero-order valence-corrected chi connectivity index (χ0v) is 13.3. The van der Waals surface area contributed by atoms with Crippen LogP contribution in [-0.2, 0) is 4.74 Å². The van der Waals surface area contributed by atoms with Crippen molar-refractivity contribution < 1.29 is 19.4 Å². The van der Waals surface area contributed by atoms with Gasteiger partial charge in [0.25, 0.3) is 0 Å². The lowest BCUT2D eigenvalue weighted by Crippen LogP contribution is -2.38. The van der Waals surface area contributed by atoms with Gasteiger partial charge in [-0.05, 0) is 18.6 Å². The van der Waals surface area contributed by atoms with Crippen molar-refractivity contribution in [3.05, 3.63) is 35.5 Å². The second-order valence-electron chi connectivity index (χ2n) is 5.58. The third-order valence-corrected chi connectivity index (χ3v) is 4.32. The summed E-state index contributed by atoms with van der Waals surface area (Å²) in [7, 11) is 1.54. The van der Waals surface area contributed by atoms with E-state index in [4.69, 9.17) is 9.47 Å². The minimum Gasteiger partial charge on any atom is -0.496 e. The van der Waals surface area contributed by atoms with E-state index in [0.717, 1.165) is 24.0 Å². The molecule has 0 radical (unpaired) electrons. The van der Waals surface area contributed by atoms with Crippen LogP contribution in [0, 0.1) is 0 Å². The van der Waals surface area contributed by atoms with Crippen molar-refractivity contribution >= 4 is 16.9 Å². The molecule has 1 aromatic carbocycles. The molecular weight excluding hydrogens is 296 g/mol. The van der Waals surface area contributed by atoms with E-state index in [1.54, 1.807) is 7.11 Å². The predicted molar refractivity (Wildman–Crippen MR) is 86.1 cm³/mol. The molecule has 6 heteroatoms. The maximum atomic E-state index is 11.4. The van der Waals surface area contributed by atoms with E-state index >= 15 is 0 Å². The summed E-state index contributed by atoms with van der Waals surface area (Å²) >= 11 is 0. The summed E-state index contributed by atoms with van der Waals surface area (Å²) in [6.07, 6.45) is 0. The van der Waals surface area contributed by atoms with Crippen LogP contribution in [0.3, 0.4) is 0 Å². The first-order valence-corrected chi connectivity index (χ1v) is 7.64. The molecule has 3 rings (SSSR count). The summed E-state index contributed by atoms with van der Waals surface area (Å²) in [5.41, 5.74) is 1.69. The first-order valence-electron chi connectivity index (χ1n) is 7.64. The van der Waals surface area contributed by atoms with Crippen molar-refractivity contribution in [1.29, 1.82) is 0 Å². The Morgan fingerprint density at radius 2 is 2.13 bits per heavy atom. The van der Waals surface area contributed by atoms with E-state index in [1.807, 2.05) is 18.2 Å². The molecule has 2 heterocycles. The van der Waals surface area contributed by atoms with Gasteiger partial charge in [0.15, 0.2) is 5.69 Å². The summed E-state index contributed by atoms with van der Waals surface area (Å²) in [5.74, 6) is -0.526. The number of morpholine rings is 1. The first-order chi connectivity index (χ1) is 11.1. The van der Waals surface area contributed by atoms with Crippen molar-refractivity contribution in [1.82, 2.24) is 9.88 Å². The largest absolute Gasteiger partial charge is 0.496 e. The monoisotopic (exact) mass is 316 g/mol. The Kier molecular flexibility index (Phi) is 4.45. The number of aromatic nitrogens is 1. The molecule has 1 saturated heterocycles. The van der Waals surface area contributed by atoms with Gasteiger partial charge in [-0.25, -0.2) is 9.78 Å². The standard InChI is InChI=1S/C17H20N2O4/c1-11(19-6-8-23-9-7-19)12-4-3-5-13-15(22-2)10-14(17(20)21)18-16(12)13/h3-5,10-11H,6-9H2,1-2H3,(H,20,21)/t11-/m1/s1. The van der Waals surface area contributed by atoms with Crippen molar-refractivity contribution in [2.75, 3.05) is 33.4 Å². The molecule has 0 bridgehead atoms. The normalized spacial score (nSPS) is 17.1. The minimum absolute atomic E-state index is 0.00372. The number of hydrogen-bond donors (Lipinski definition) is 1. The van der Waals surface area contributed by atoms with Crippen LogP contribution in [0.25, 0.3) is 10.9 Å². The third-order valence-electron chi connectivity index (χ3n) is 4.32. The van der Waals surface area contributed by atoms with Crippen molar-refractivity contribution in [2.45, 2.75) is 13.0 Å². The van der Waals surface area contributed by atoms with Gasteiger partial charge in [-0.2, -0.15) is 0 Å². The Hall–Kier alpha value is -2.18. The highest BCUT2D eigenvalue weighted by molar-refractivity contribution is 5.94. The number of carboxylic acids is 1. The number of carbonyl (C=O) groups is 1. The lowest BCUT2D eigenvalue weighted by atomic mass is 10.0. The number of methoxy groups -OCH3 is 1. The number of para-hydroxylation sites is 1. The fourth-order valence-electron chi connectivity index (χ4n) is 3.02. The summed E-state index contributed by atoms with van der Waals surface area (Å²) < 4.78 is 10.8. The van der Waals surface area contributed by atoms with Crippen LogP contribution in [0.15, 0.2) is 24.3 Å². The molecule has 1 N–H and O–H groups in total. The number of carboxylic acid groups (broad SMARTS) is 1. The molecule has 2 aromatic rings. The van der Waals surface area contributed by atoms with E-state index in [9.17, 15) is 9.90 Å². The zero-order chi connectivity index (χ0) is 16.4. The number of rotatable bonds is 4. The lowest BCUT2D eigenvalue weighted by molar-refractivity contribution is 0.0201. The van der Waals surface area contributed by atoms with Gasteiger partial charge in [0, 0.05) is 30.6 Å².